The predicted octanol–water partition coefficient (Wildman–Crippen LogP) is 4.76. The number of nitrogens with one attached hydrogen (secondary N) is 1. The van der Waals surface area contributed by atoms with E-state index in [-0.39, 0.29) is 26.9 Å². The number of rotatable bonds is 3. The van der Waals surface area contributed by atoms with Crippen molar-refractivity contribution in [3.63, 3.8) is 0 Å². The first-order valence-electron chi connectivity index (χ1n) is 5.65. The van der Waals surface area contributed by atoms with Crippen LogP contribution >= 0.6 is 34.8 Å². The topological polar surface area (TPSA) is 46.2 Å². The third-order valence-electron chi connectivity index (χ3n) is 2.63. The van der Waals surface area contributed by atoms with Gasteiger partial charge in [0, 0.05) is 5.02 Å². The molecule has 2 rings (SSSR count). The maximum Gasteiger partial charge on any atom is 0.258 e. The smallest absolute Gasteiger partial charge is 0.258 e. The lowest BCUT2D eigenvalue weighted by molar-refractivity contribution is 0.102. The third-order valence-corrected chi connectivity index (χ3v) is 3.48. The molecule has 0 aliphatic carbocycles. The zero-order valence-corrected chi connectivity index (χ0v) is 12.6. The number of anilines is 1. The molecule has 0 saturated heterocycles. The molecule has 0 aliphatic heterocycles. The summed E-state index contributed by atoms with van der Waals surface area (Å²) < 4.78 is 13.7. The summed E-state index contributed by atoms with van der Waals surface area (Å²) in [6.45, 7) is 0. The lowest BCUT2D eigenvalue weighted by Crippen LogP contribution is -2.14. The van der Waals surface area contributed by atoms with E-state index in [1.807, 2.05) is 0 Å². The summed E-state index contributed by atoms with van der Waals surface area (Å²) in [5.74, 6) is -1.48. The molecule has 2 aromatic rings. The second-order valence-electron chi connectivity index (χ2n) is 4.02. The molecule has 0 radical (unpaired) electrons. The molecule has 0 atom stereocenters. The summed E-state index contributed by atoms with van der Waals surface area (Å²) in [5, 5.41) is 1.83. The van der Waals surface area contributed by atoms with Gasteiger partial charge in [-0.05, 0) is 41.9 Å². The molecule has 0 aliphatic rings. The van der Waals surface area contributed by atoms with E-state index in [0.29, 0.717) is 0 Å². The van der Waals surface area contributed by atoms with Crippen molar-refractivity contribution in [2.45, 2.75) is 0 Å². The molecule has 21 heavy (non-hydrogen) atoms. The standard InChI is InChI=1S/C14H7Cl3FNO2/c15-7-4-5-8(10(18)6-7)14(21)19-11-3-1-2-9(12(11)16)13(17)20/h1-6H,(H,19,21). The number of hydrogen-bond acceptors (Lipinski definition) is 2. The van der Waals surface area contributed by atoms with E-state index in [0.717, 1.165) is 6.07 Å². The maximum absolute atomic E-state index is 13.7. The number of carbonyl (C=O) groups excluding carboxylic acids is 2. The van der Waals surface area contributed by atoms with Gasteiger partial charge in [-0.2, -0.15) is 0 Å². The largest absolute Gasteiger partial charge is 0.321 e. The molecule has 0 aromatic heterocycles. The van der Waals surface area contributed by atoms with Crippen LogP contribution in [-0.2, 0) is 0 Å². The van der Waals surface area contributed by atoms with Crippen molar-refractivity contribution in [2.75, 3.05) is 5.32 Å². The Hall–Kier alpha value is -1.62. The van der Waals surface area contributed by atoms with Crippen LogP contribution in [0, 0.1) is 5.82 Å². The molecule has 1 N–H and O–H groups in total. The Morgan fingerprint density at radius 2 is 1.76 bits per heavy atom. The Bertz CT molecular complexity index is 734. The number of benzene rings is 2. The minimum atomic E-state index is -0.763. The summed E-state index contributed by atoms with van der Waals surface area (Å²) in [6.07, 6.45) is 0. The van der Waals surface area contributed by atoms with Gasteiger partial charge in [-0.25, -0.2) is 4.39 Å². The Morgan fingerprint density at radius 3 is 2.38 bits per heavy atom. The summed E-state index contributed by atoms with van der Waals surface area (Å²) in [4.78, 5) is 23.2. The van der Waals surface area contributed by atoms with E-state index >= 15 is 0 Å². The van der Waals surface area contributed by atoms with Crippen molar-refractivity contribution >= 4 is 51.6 Å². The lowest BCUT2D eigenvalue weighted by atomic mass is 10.1. The molecular weight excluding hydrogens is 340 g/mol. The van der Waals surface area contributed by atoms with Gasteiger partial charge >= 0.3 is 0 Å². The Balaban J connectivity index is 2.32. The lowest BCUT2D eigenvalue weighted by Gasteiger charge is -2.09. The van der Waals surface area contributed by atoms with Crippen molar-refractivity contribution in [1.82, 2.24) is 0 Å². The van der Waals surface area contributed by atoms with Crippen molar-refractivity contribution < 1.29 is 14.0 Å². The van der Waals surface area contributed by atoms with Crippen LogP contribution in [0.25, 0.3) is 0 Å². The number of carbonyl (C=O) groups is 2. The fraction of sp³-hybridized carbons (Fsp3) is 0. The highest BCUT2D eigenvalue weighted by Gasteiger charge is 2.16. The second-order valence-corrected chi connectivity index (χ2v) is 5.18. The molecular formula is C14H7Cl3FNO2. The predicted molar refractivity (Wildman–Crippen MR) is 81.0 cm³/mol. The summed E-state index contributed by atoms with van der Waals surface area (Å²) in [5.41, 5.74) is 0.00768. The Morgan fingerprint density at radius 1 is 1.05 bits per heavy atom. The van der Waals surface area contributed by atoms with Gasteiger partial charge < -0.3 is 5.32 Å². The van der Waals surface area contributed by atoms with E-state index in [1.54, 1.807) is 0 Å². The molecule has 0 bridgehead atoms. The summed E-state index contributed by atoms with van der Waals surface area (Å²) in [6, 6.07) is 8.04. The normalized spacial score (nSPS) is 10.3. The average molecular weight is 347 g/mol. The van der Waals surface area contributed by atoms with Gasteiger partial charge in [0.25, 0.3) is 11.1 Å². The molecule has 0 heterocycles. The van der Waals surface area contributed by atoms with Gasteiger partial charge in [-0.1, -0.05) is 29.3 Å². The summed E-state index contributed by atoms with van der Waals surface area (Å²) in [7, 11) is 0. The van der Waals surface area contributed by atoms with Crippen molar-refractivity contribution in [2.24, 2.45) is 0 Å². The van der Waals surface area contributed by atoms with Gasteiger partial charge in [-0.15, -0.1) is 0 Å². The monoisotopic (exact) mass is 345 g/mol. The van der Waals surface area contributed by atoms with Crippen LogP contribution < -0.4 is 5.32 Å². The van der Waals surface area contributed by atoms with Crippen LogP contribution in [0.4, 0.5) is 10.1 Å². The van der Waals surface area contributed by atoms with E-state index < -0.39 is 17.0 Å². The number of amides is 1. The van der Waals surface area contributed by atoms with Crippen molar-refractivity contribution in [3.8, 4) is 0 Å². The fourth-order valence-electron chi connectivity index (χ4n) is 1.64. The van der Waals surface area contributed by atoms with Gasteiger partial charge in [0.1, 0.15) is 5.82 Å². The molecule has 2 aromatic carbocycles. The quantitative estimate of drug-likeness (QED) is 0.814. The Kier molecular flexibility index (Phi) is 4.83. The molecule has 108 valence electrons. The van der Waals surface area contributed by atoms with E-state index in [1.165, 1.54) is 30.3 Å². The van der Waals surface area contributed by atoms with Gasteiger partial charge in [0.15, 0.2) is 0 Å². The molecule has 0 unspecified atom stereocenters. The van der Waals surface area contributed by atoms with E-state index in [9.17, 15) is 14.0 Å². The van der Waals surface area contributed by atoms with Crippen molar-refractivity contribution in [3.05, 3.63) is 63.4 Å². The van der Waals surface area contributed by atoms with Crippen LogP contribution in [-0.4, -0.2) is 11.1 Å². The molecule has 0 spiro atoms. The molecule has 0 saturated carbocycles. The van der Waals surface area contributed by atoms with Gasteiger partial charge in [0.05, 0.1) is 21.8 Å². The van der Waals surface area contributed by atoms with Crippen LogP contribution in [0.3, 0.4) is 0 Å². The average Bonchev–Trinajstić information content (AvgIpc) is 2.40. The van der Waals surface area contributed by atoms with Crippen LogP contribution in [0.2, 0.25) is 10.0 Å². The maximum atomic E-state index is 13.7. The minimum absolute atomic E-state index is 0.0137. The second kappa shape index (κ2) is 6.43. The number of halogens is 4. The zero-order valence-electron chi connectivity index (χ0n) is 10.3. The molecule has 1 amide bonds. The zero-order chi connectivity index (χ0) is 15.6. The SMILES string of the molecule is O=C(Nc1cccc(C(=O)Cl)c1Cl)c1ccc(Cl)cc1F. The first-order valence-corrected chi connectivity index (χ1v) is 6.78. The minimum Gasteiger partial charge on any atom is -0.321 e. The van der Waals surface area contributed by atoms with E-state index in [2.05, 4.69) is 5.32 Å². The third kappa shape index (κ3) is 3.53. The van der Waals surface area contributed by atoms with Crippen LogP contribution in [0.5, 0.6) is 0 Å². The molecule has 7 heteroatoms. The van der Waals surface area contributed by atoms with Gasteiger partial charge in [0.2, 0.25) is 0 Å². The first-order chi connectivity index (χ1) is 9.90. The highest BCUT2D eigenvalue weighted by Crippen LogP contribution is 2.28. The fourth-order valence-corrected chi connectivity index (χ4v) is 2.27. The molecule has 3 nitrogen and oxygen atoms in total. The van der Waals surface area contributed by atoms with Gasteiger partial charge in [-0.3, -0.25) is 9.59 Å². The highest BCUT2D eigenvalue weighted by atomic mass is 35.5. The molecule has 0 fully saturated rings. The highest BCUT2D eigenvalue weighted by molar-refractivity contribution is 6.69. The Labute approximate surface area is 134 Å². The van der Waals surface area contributed by atoms with Crippen LogP contribution in [0.15, 0.2) is 36.4 Å². The van der Waals surface area contributed by atoms with E-state index in [4.69, 9.17) is 34.8 Å². The summed E-state index contributed by atoms with van der Waals surface area (Å²) >= 11 is 16.9. The van der Waals surface area contributed by atoms with Crippen molar-refractivity contribution in [1.29, 1.82) is 0 Å². The first kappa shape index (κ1) is 15.8. The van der Waals surface area contributed by atoms with Crippen LogP contribution in [0.1, 0.15) is 20.7 Å². The number of hydrogen-bond donors (Lipinski definition) is 1.